The van der Waals surface area contributed by atoms with Gasteiger partial charge in [-0.05, 0) is 43.4 Å². The number of rotatable bonds is 7. The molecule has 0 saturated carbocycles. The van der Waals surface area contributed by atoms with Crippen LogP contribution in [0.3, 0.4) is 0 Å². The fourth-order valence-corrected chi connectivity index (χ4v) is 3.12. The monoisotopic (exact) mass is 318 g/mol. The Kier molecular flexibility index (Phi) is 6.90. The standard InChI is InChI=1S/C19H30N2O2/c1-4-11-21-12-9-16(10-13-21)20-19(22)14-23-18-8-6-5-7-17(18)15(2)3/h5-8,15-16H,4,9-14H2,1-3H3,(H,20,22). The van der Waals surface area contributed by atoms with Gasteiger partial charge in [0.15, 0.2) is 6.61 Å². The molecular weight excluding hydrogens is 288 g/mol. The minimum atomic E-state index is -0.0162. The first kappa shape index (κ1) is 17.8. The predicted octanol–water partition coefficient (Wildman–Crippen LogP) is 3.18. The van der Waals surface area contributed by atoms with E-state index in [1.54, 1.807) is 0 Å². The smallest absolute Gasteiger partial charge is 0.258 e. The summed E-state index contributed by atoms with van der Waals surface area (Å²) in [6.45, 7) is 9.89. The fraction of sp³-hybridized carbons (Fsp3) is 0.632. The molecule has 1 amide bonds. The number of nitrogens with one attached hydrogen (secondary N) is 1. The van der Waals surface area contributed by atoms with Crippen molar-refractivity contribution in [1.82, 2.24) is 10.2 Å². The van der Waals surface area contributed by atoms with Crippen LogP contribution in [0.1, 0.15) is 51.5 Å². The van der Waals surface area contributed by atoms with Crippen molar-refractivity contribution < 1.29 is 9.53 Å². The number of para-hydroxylation sites is 1. The van der Waals surface area contributed by atoms with Gasteiger partial charge in [-0.1, -0.05) is 39.0 Å². The Morgan fingerprint density at radius 1 is 1.30 bits per heavy atom. The van der Waals surface area contributed by atoms with E-state index >= 15 is 0 Å². The molecule has 0 aliphatic carbocycles. The van der Waals surface area contributed by atoms with Gasteiger partial charge in [0.1, 0.15) is 5.75 Å². The molecule has 4 nitrogen and oxygen atoms in total. The number of hydrogen-bond donors (Lipinski definition) is 1. The van der Waals surface area contributed by atoms with E-state index in [4.69, 9.17) is 4.74 Å². The van der Waals surface area contributed by atoms with Gasteiger partial charge in [0.05, 0.1) is 0 Å². The van der Waals surface area contributed by atoms with Crippen LogP contribution in [-0.4, -0.2) is 43.1 Å². The van der Waals surface area contributed by atoms with Crippen LogP contribution in [0.4, 0.5) is 0 Å². The van der Waals surface area contributed by atoms with Crippen molar-refractivity contribution in [2.75, 3.05) is 26.2 Å². The van der Waals surface area contributed by atoms with Gasteiger partial charge in [-0.2, -0.15) is 0 Å². The van der Waals surface area contributed by atoms with Crippen LogP contribution in [0.25, 0.3) is 0 Å². The molecule has 4 heteroatoms. The Bertz CT molecular complexity index is 494. The first-order valence-electron chi connectivity index (χ1n) is 8.83. The maximum absolute atomic E-state index is 12.1. The second-order valence-corrected chi connectivity index (χ2v) is 6.66. The molecule has 0 radical (unpaired) electrons. The van der Waals surface area contributed by atoms with E-state index < -0.39 is 0 Å². The molecule has 2 rings (SSSR count). The van der Waals surface area contributed by atoms with E-state index in [1.165, 1.54) is 6.42 Å². The molecule has 0 atom stereocenters. The van der Waals surface area contributed by atoms with E-state index in [1.807, 2.05) is 18.2 Å². The summed E-state index contributed by atoms with van der Waals surface area (Å²) in [5.41, 5.74) is 1.15. The van der Waals surface area contributed by atoms with Crippen molar-refractivity contribution in [3.05, 3.63) is 29.8 Å². The van der Waals surface area contributed by atoms with Gasteiger partial charge >= 0.3 is 0 Å². The van der Waals surface area contributed by atoms with E-state index in [0.717, 1.165) is 43.8 Å². The van der Waals surface area contributed by atoms with Crippen LogP contribution < -0.4 is 10.1 Å². The summed E-state index contributed by atoms with van der Waals surface area (Å²) in [6.07, 6.45) is 3.27. The van der Waals surface area contributed by atoms with Gasteiger partial charge in [0.25, 0.3) is 5.91 Å². The number of carbonyl (C=O) groups excluding carboxylic acids is 1. The number of carbonyl (C=O) groups is 1. The van der Waals surface area contributed by atoms with Crippen LogP contribution in [0.2, 0.25) is 0 Å². The first-order valence-corrected chi connectivity index (χ1v) is 8.83. The highest BCUT2D eigenvalue weighted by atomic mass is 16.5. The van der Waals surface area contributed by atoms with Crippen molar-refractivity contribution in [2.24, 2.45) is 0 Å². The maximum Gasteiger partial charge on any atom is 0.258 e. The third kappa shape index (κ3) is 5.54. The molecule has 0 spiro atoms. The van der Waals surface area contributed by atoms with Gasteiger partial charge in [-0.3, -0.25) is 4.79 Å². The summed E-state index contributed by atoms with van der Waals surface area (Å²) in [6, 6.07) is 8.24. The number of nitrogens with zero attached hydrogens (tertiary/aromatic N) is 1. The highest BCUT2D eigenvalue weighted by Gasteiger charge is 2.20. The van der Waals surface area contributed by atoms with E-state index in [-0.39, 0.29) is 12.5 Å². The average molecular weight is 318 g/mol. The van der Waals surface area contributed by atoms with E-state index in [0.29, 0.717) is 12.0 Å². The fourth-order valence-electron chi connectivity index (χ4n) is 3.12. The van der Waals surface area contributed by atoms with Gasteiger partial charge in [0.2, 0.25) is 0 Å². The largest absolute Gasteiger partial charge is 0.483 e. The van der Waals surface area contributed by atoms with Crippen molar-refractivity contribution in [3.8, 4) is 5.75 Å². The number of piperidine rings is 1. The van der Waals surface area contributed by atoms with E-state index in [9.17, 15) is 4.79 Å². The number of benzene rings is 1. The highest BCUT2D eigenvalue weighted by Crippen LogP contribution is 2.25. The topological polar surface area (TPSA) is 41.6 Å². The normalized spacial score (nSPS) is 16.5. The highest BCUT2D eigenvalue weighted by molar-refractivity contribution is 5.77. The van der Waals surface area contributed by atoms with Crippen LogP contribution in [0.5, 0.6) is 5.75 Å². The molecule has 1 fully saturated rings. The van der Waals surface area contributed by atoms with Crippen molar-refractivity contribution in [3.63, 3.8) is 0 Å². The van der Waals surface area contributed by atoms with E-state index in [2.05, 4.69) is 37.1 Å². The summed E-state index contributed by atoms with van der Waals surface area (Å²) < 4.78 is 5.74. The molecule has 1 aliphatic rings. The van der Waals surface area contributed by atoms with Crippen LogP contribution >= 0.6 is 0 Å². The lowest BCUT2D eigenvalue weighted by Crippen LogP contribution is -2.46. The lowest BCUT2D eigenvalue weighted by atomic mass is 10.0. The predicted molar refractivity (Wildman–Crippen MR) is 93.9 cm³/mol. The first-order chi connectivity index (χ1) is 11.1. The van der Waals surface area contributed by atoms with Crippen LogP contribution in [0, 0.1) is 0 Å². The third-order valence-electron chi connectivity index (χ3n) is 4.39. The summed E-state index contributed by atoms with van der Waals surface area (Å²) in [7, 11) is 0. The molecule has 1 saturated heterocycles. The zero-order valence-corrected chi connectivity index (χ0v) is 14.7. The summed E-state index contributed by atoms with van der Waals surface area (Å²) >= 11 is 0. The number of hydrogen-bond acceptors (Lipinski definition) is 3. The number of amides is 1. The second kappa shape index (κ2) is 8.92. The molecule has 1 aromatic rings. The lowest BCUT2D eigenvalue weighted by Gasteiger charge is -2.32. The number of ether oxygens (including phenoxy) is 1. The minimum Gasteiger partial charge on any atom is -0.483 e. The average Bonchev–Trinajstić information content (AvgIpc) is 2.55. The number of likely N-dealkylation sites (tertiary alicyclic amines) is 1. The molecule has 1 heterocycles. The van der Waals surface area contributed by atoms with Crippen molar-refractivity contribution >= 4 is 5.91 Å². The van der Waals surface area contributed by atoms with Gasteiger partial charge in [-0.15, -0.1) is 0 Å². The Hall–Kier alpha value is -1.55. The molecule has 23 heavy (non-hydrogen) atoms. The Morgan fingerprint density at radius 2 is 2.00 bits per heavy atom. The SMILES string of the molecule is CCCN1CCC(NC(=O)COc2ccccc2C(C)C)CC1. The molecule has 128 valence electrons. The quantitative estimate of drug-likeness (QED) is 0.839. The summed E-state index contributed by atoms with van der Waals surface area (Å²) in [5.74, 6) is 1.19. The van der Waals surface area contributed by atoms with Crippen molar-refractivity contribution in [2.45, 2.75) is 52.0 Å². The molecule has 0 unspecified atom stereocenters. The Balaban J connectivity index is 1.76. The van der Waals surface area contributed by atoms with Gasteiger partial charge in [0, 0.05) is 19.1 Å². The zero-order chi connectivity index (χ0) is 16.7. The van der Waals surface area contributed by atoms with Crippen LogP contribution in [-0.2, 0) is 4.79 Å². The van der Waals surface area contributed by atoms with Gasteiger partial charge < -0.3 is 15.0 Å². The molecule has 1 aromatic carbocycles. The lowest BCUT2D eigenvalue weighted by molar-refractivity contribution is -0.124. The van der Waals surface area contributed by atoms with Crippen LogP contribution in [0.15, 0.2) is 24.3 Å². The Morgan fingerprint density at radius 3 is 2.65 bits per heavy atom. The second-order valence-electron chi connectivity index (χ2n) is 6.66. The van der Waals surface area contributed by atoms with Gasteiger partial charge in [-0.25, -0.2) is 0 Å². The van der Waals surface area contributed by atoms with Crippen molar-refractivity contribution in [1.29, 1.82) is 0 Å². The Labute approximate surface area is 140 Å². The molecule has 0 aromatic heterocycles. The molecular formula is C19H30N2O2. The summed E-state index contributed by atoms with van der Waals surface area (Å²) in [5, 5.41) is 3.11. The summed E-state index contributed by atoms with van der Waals surface area (Å²) in [4.78, 5) is 14.6. The molecule has 1 aliphatic heterocycles. The minimum absolute atomic E-state index is 0.0162. The molecule has 1 N–H and O–H groups in total. The molecule has 0 bridgehead atoms. The third-order valence-corrected chi connectivity index (χ3v) is 4.39. The maximum atomic E-state index is 12.1. The zero-order valence-electron chi connectivity index (χ0n) is 14.7.